The summed E-state index contributed by atoms with van der Waals surface area (Å²) in [5.41, 5.74) is 2.33. The Bertz CT molecular complexity index is 1270. The van der Waals surface area contributed by atoms with Gasteiger partial charge in [0.25, 0.3) is 5.91 Å². The van der Waals surface area contributed by atoms with Crippen molar-refractivity contribution in [3.63, 3.8) is 0 Å². The van der Waals surface area contributed by atoms with Crippen LogP contribution in [0.3, 0.4) is 0 Å². The summed E-state index contributed by atoms with van der Waals surface area (Å²) in [6, 6.07) is 12.6. The zero-order valence-electron chi connectivity index (χ0n) is 21.4. The molecule has 1 unspecified atom stereocenters. The zero-order chi connectivity index (χ0) is 27.6. The van der Waals surface area contributed by atoms with E-state index in [1.54, 1.807) is 24.3 Å². The summed E-state index contributed by atoms with van der Waals surface area (Å²) >= 11 is 0. The van der Waals surface area contributed by atoms with E-state index in [2.05, 4.69) is 15.5 Å². The van der Waals surface area contributed by atoms with Crippen LogP contribution in [-0.2, 0) is 17.3 Å². The quantitative estimate of drug-likeness (QED) is 0.382. The number of hydrogen-bond donors (Lipinski definition) is 2. The van der Waals surface area contributed by atoms with Crippen molar-refractivity contribution in [2.45, 2.75) is 69.6 Å². The molecule has 0 bridgehead atoms. The molecule has 2 aromatic rings. The molecule has 1 amide bonds. The third kappa shape index (κ3) is 6.11. The number of nitrogens with zero attached hydrogens (tertiary/aromatic N) is 1. The number of carbonyl (C=O) groups is 1. The number of amides is 1. The first kappa shape index (κ1) is 27.9. The molecule has 10 heteroatoms. The van der Waals surface area contributed by atoms with Gasteiger partial charge in [-0.3, -0.25) is 9.00 Å². The van der Waals surface area contributed by atoms with E-state index in [9.17, 15) is 26.6 Å². The van der Waals surface area contributed by atoms with Crippen LogP contribution in [0.25, 0.3) is 0 Å². The number of allylic oxidation sites excluding steroid dienone is 3. The second kappa shape index (κ2) is 11.3. The third-order valence-corrected chi connectivity index (χ3v) is 8.07. The fourth-order valence-corrected chi connectivity index (χ4v) is 5.54. The number of anilines is 2. The molecule has 38 heavy (non-hydrogen) atoms. The average molecular weight is 550 g/mol. The molecule has 2 N–H and O–H groups in total. The van der Waals surface area contributed by atoms with Crippen LogP contribution in [0.15, 0.2) is 70.7 Å². The first-order valence-electron chi connectivity index (χ1n) is 12.5. The fourth-order valence-electron chi connectivity index (χ4n) is 4.77. The molecule has 1 aliphatic carbocycles. The predicted octanol–water partition coefficient (Wildman–Crippen LogP) is 6.26. The van der Waals surface area contributed by atoms with Gasteiger partial charge in [-0.05, 0) is 55.3 Å². The van der Waals surface area contributed by atoms with Gasteiger partial charge in [-0.1, -0.05) is 31.2 Å². The predicted molar refractivity (Wildman–Crippen MR) is 142 cm³/mol. The maximum Gasteiger partial charge on any atom is 0.412 e. The van der Waals surface area contributed by atoms with Gasteiger partial charge in [-0.2, -0.15) is 13.2 Å². The summed E-state index contributed by atoms with van der Waals surface area (Å²) in [5.74, 6) is 0.276. The number of hydrogen-bond acceptors (Lipinski definition) is 4. The first-order chi connectivity index (χ1) is 18.0. The Morgan fingerprint density at radius 3 is 2.47 bits per heavy atom. The monoisotopic (exact) mass is 549 g/mol. The van der Waals surface area contributed by atoms with Gasteiger partial charge in [0.05, 0.1) is 22.2 Å². The van der Waals surface area contributed by atoms with E-state index >= 15 is 0 Å². The molecule has 0 aromatic heterocycles. The molecule has 2 aliphatic rings. The number of benzene rings is 2. The summed E-state index contributed by atoms with van der Waals surface area (Å²) < 4.78 is 65.5. The van der Waals surface area contributed by atoms with Crippen LogP contribution in [0.1, 0.15) is 49.5 Å². The molecule has 0 radical (unpaired) electrons. The van der Waals surface area contributed by atoms with Gasteiger partial charge in [0.15, 0.2) is 0 Å². The molecule has 1 heterocycles. The number of rotatable bonds is 8. The van der Waals surface area contributed by atoms with Crippen LogP contribution in [0.2, 0.25) is 0 Å². The molecule has 1 aliphatic heterocycles. The summed E-state index contributed by atoms with van der Waals surface area (Å²) in [6.07, 6.45) is -4.86. The number of nitrogens with one attached hydrogen (secondary N) is 2. The standard InChI is InChI=1S/C28H31F4N3O2S/c1-4-38(37)22-10-5-18(6-11-22)16-33-27(36)20-8-12-25-24(13-20)34-26(35(25)17(2)3)14-19-7-9-21(15-23(19)29)28(30,31)32/h5-13,17,23,26,34H,4,14-16H2,1-3H3,(H,33,36)/t23-,26-,38?/m0/s1. The molecule has 0 fully saturated rings. The average Bonchev–Trinajstić information content (AvgIpc) is 3.25. The van der Waals surface area contributed by atoms with Crippen molar-refractivity contribution in [2.75, 3.05) is 16.0 Å². The minimum atomic E-state index is -4.53. The van der Waals surface area contributed by atoms with E-state index in [4.69, 9.17) is 0 Å². The van der Waals surface area contributed by atoms with Crippen molar-refractivity contribution < 1.29 is 26.6 Å². The van der Waals surface area contributed by atoms with Crippen molar-refractivity contribution in [2.24, 2.45) is 0 Å². The van der Waals surface area contributed by atoms with Gasteiger partial charge < -0.3 is 15.5 Å². The summed E-state index contributed by atoms with van der Waals surface area (Å²) in [4.78, 5) is 15.6. The topological polar surface area (TPSA) is 61.4 Å². The smallest absolute Gasteiger partial charge is 0.363 e. The molecule has 3 atom stereocenters. The van der Waals surface area contributed by atoms with Gasteiger partial charge in [0.2, 0.25) is 0 Å². The Morgan fingerprint density at radius 1 is 1.16 bits per heavy atom. The summed E-state index contributed by atoms with van der Waals surface area (Å²) in [5, 5.41) is 6.22. The van der Waals surface area contributed by atoms with Crippen molar-refractivity contribution >= 4 is 28.1 Å². The van der Waals surface area contributed by atoms with E-state index in [1.807, 2.05) is 39.0 Å². The fraction of sp³-hybridized carbons (Fsp3) is 0.393. The molecule has 204 valence electrons. The normalized spacial score (nSPS) is 19.9. The molecular formula is C28H31F4N3O2S. The van der Waals surface area contributed by atoms with Gasteiger partial charge in [-0.15, -0.1) is 0 Å². The van der Waals surface area contributed by atoms with Crippen LogP contribution in [0, 0.1) is 0 Å². The lowest BCUT2D eigenvalue weighted by atomic mass is 9.93. The Hall–Kier alpha value is -3.14. The van der Waals surface area contributed by atoms with E-state index < -0.39 is 35.1 Å². The molecular weight excluding hydrogens is 518 g/mol. The first-order valence-corrected chi connectivity index (χ1v) is 13.8. The number of alkyl halides is 4. The van der Waals surface area contributed by atoms with Crippen LogP contribution in [-0.4, -0.2) is 40.4 Å². The minimum Gasteiger partial charge on any atom is -0.363 e. The number of halogens is 4. The van der Waals surface area contributed by atoms with E-state index in [1.165, 1.54) is 6.08 Å². The Morgan fingerprint density at radius 2 is 1.87 bits per heavy atom. The highest BCUT2D eigenvalue weighted by Gasteiger charge is 2.39. The Kier molecular flexibility index (Phi) is 8.30. The molecule has 0 saturated carbocycles. The van der Waals surface area contributed by atoms with Gasteiger partial charge in [0.1, 0.15) is 12.3 Å². The van der Waals surface area contributed by atoms with Gasteiger partial charge in [0, 0.05) is 47.2 Å². The Labute approximate surface area is 222 Å². The summed E-state index contributed by atoms with van der Waals surface area (Å²) in [6.45, 7) is 6.13. The van der Waals surface area contributed by atoms with Gasteiger partial charge >= 0.3 is 6.18 Å². The lowest BCUT2D eigenvalue weighted by Gasteiger charge is -2.32. The highest BCUT2D eigenvalue weighted by molar-refractivity contribution is 7.85. The lowest BCUT2D eigenvalue weighted by molar-refractivity contribution is -0.0956. The molecule has 4 rings (SSSR count). The molecule has 0 saturated heterocycles. The van der Waals surface area contributed by atoms with E-state index in [0.29, 0.717) is 29.1 Å². The number of fused-ring (bicyclic) bond motifs is 1. The largest absolute Gasteiger partial charge is 0.412 e. The highest BCUT2D eigenvalue weighted by atomic mass is 32.2. The van der Waals surface area contributed by atoms with Crippen LogP contribution >= 0.6 is 0 Å². The molecule has 5 nitrogen and oxygen atoms in total. The van der Waals surface area contributed by atoms with E-state index in [0.717, 1.165) is 22.2 Å². The zero-order valence-corrected chi connectivity index (χ0v) is 22.3. The van der Waals surface area contributed by atoms with Crippen LogP contribution < -0.4 is 15.5 Å². The van der Waals surface area contributed by atoms with Crippen LogP contribution in [0.5, 0.6) is 0 Å². The summed E-state index contributed by atoms with van der Waals surface area (Å²) in [7, 11) is -1.03. The van der Waals surface area contributed by atoms with Gasteiger partial charge in [-0.25, -0.2) is 4.39 Å². The van der Waals surface area contributed by atoms with Crippen molar-refractivity contribution in [3.8, 4) is 0 Å². The third-order valence-electron chi connectivity index (χ3n) is 6.75. The van der Waals surface area contributed by atoms with Crippen molar-refractivity contribution in [1.82, 2.24) is 5.32 Å². The van der Waals surface area contributed by atoms with Crippen molar-refractivity contribution in [1.29, 1.82) is 0 Å². The van der Waals surface area contributed by atoms with Crippen LogP contribution in [0.4, 0.5) is 28.9 Å². The number of carbonyl (C=O) groups excluding carboxylic acids is 1. The second-order valence-electron chi connectivity index (χ2n) is 9.66. The van der Waals surface area contributed by atoms with E-state index in [-0.39, 0.29) is 24.5 Å². The SMILES string of the molecule is CCS(=O)c1ccc(CNC(=O)c2ccc3c(c2)N[C@H](CC2=CC=C(C(F)(F)F)C[C@@H]2F)N3C(C)C)cc1. The lowest BCUT2D eigenvalue weighted by Crippen LogP contribution is -2.41. The Balaban J connectivity index is 1.45. The second-order valence-corrected chi connectivity index (χ2v) is 11.4. The maximum atomic E-state index is 14.7. The molecule has 2 aromatic carbocycles. The minimum absolute atomic E-state index is 0.0296. The maximum absolute atomic E-state index is 14.7. The molecule has 0 spiro atoms. The van der Waals surface area contributed by atoms with Crippen molar-refractivity contribution in [3.05, 3.63) is 76.9 Å². The highest BCUT2D eigenvalue weighted by Crippen LogP contribution is 2.41.